The number of para-hydroxylation sites is 3. The fourth-order valence-corrected chi connectivity index (χ4v) is 9.22. The van der Waals surface area contributed by atoms with Crippen LogP contribution in [0.15, 0.2) is 223 Å². The van der Waals surface area contributed by atoms with E-state index in [2.05, 4.69) is 228 Å². The number of rotatable bonds is 6. The van der Waals surface area contributed by atoms with E-state index < -0.39 is 0 Å². The number of aromatic nitrogens is 1. The minimum Gasteiger partial charge on any atom is -0.455 e. The lowest BCUT2D eigenvalue weighted by atomic mass is 9.97. The summed E-state index contributed by atoms with van der Waals surface area (Å²) >= 11 is 0. The predicted octanol–water partition coefficient (Wildman–Crippen LogP) is 15.8. The Morgan fingerprint density at radius 3 is 1.80 bits per heavy atom. The summed E-state index contributed by atoms with van der Waals surface area (Å²) in [4.78, 5) is 2.42. The third-order valence-electron chi connectivity index (χ3n) is 12.0. The van der Waals surface area contributed by atoms with E-state index >= 15 is 0 Å². The van der Waals surface area contributed by atoms with Crippen LogP contribution in [0.1, 0.15) is 0 Å². The summed E-state index contributed by atoms with van der Waals surface area (Å²) in [5.74, 6) is 0. The lowest BCUT2D eigenvalue weighted by molar-refractivity contribution is 0.670. The highest BCUT2D eigenvalue weighted by Crippen LogP contribution is 2.48. The van der Waals surface area contributed by atoms with Gasteiger partial charge in [-0.15, -0.1) is 0 Å². The molecule has 0 spiro atoms. The zero-order valence-electron chi connectivity index (χ0n) is 32.1. The van der Waals surface area contributed by atoms with Crippen molar-refractivity contribution in [3.63, 3.8) is 0 Å². The lowest BCUT2D eigenvalue weighted by Gasteiger charge is -2.27. The van der Waals surface area contributed by atoms with E-state index in [9.17, 15) is 0 Å². The zero-order chi connectivity index (χ0) is 38.9. The van der Waals surface area contributed by atoms with E-state index in [1.54, 1.807) is 0 Å². The molecule has 2 heterocycles. The van der Waals surface area contributed by atoms with Crippen LogP contribution in [0.4, 0.5) is 17.1 Å². The Morgan fingerprint density at radius 1 is 0.373 bits per heavy atom. The highest BCUT2D eigenvalue weighted by atomic mass is 16.3. The monoisotopic (exact) mass is 752 g/mol. The van der Waals surface area contributed by atoms with Crippen LogP contribution >= 0.6 is 0 Å². The van der Waals surface area contributed by atoms with Gasteiger partial charge < -0.3 is 13.9 Å². The number of furan rings is 1. The molecule has 0 radical (unpaired) electrons. The molecule has 0 atom stereocenters. The van der Waals surface area contributed by atoms with Crippen LogP contribution in [-0.2, 0) is 0 Å². The first-order valence-corrected chi connectivity index (χ1v) is 20.2. The van der Waals surface area contributed by atoms with Gasteiger partial charge in [0.05, 0.1) is 22.1 Å². The fourth-order valence-electron chi connectivity index (χ4n) is 9.22. The molecule has 0 aliphatic heterocycles. The minimum absolute atomic E-state index is 0.863. The van der Waals surface area contributed by atoms with Crippen molar-refractivity contribution < 1.29 is 4.42 Å². The van der Waals surface area contributed by atoms with E-state index in [1.165, 1.54) is 49.0 Å². The molecule has 0 fully saturated rings. The molecular weight excluding hydrogens is 717 g/mol. The van der Waals surface area contributed by atoms with Crippen molar-refractivity contribution in [3.8, 4) is 27.9 Å². The first kappa shape index (κ1) is 33.3. The average molecular weight is 753 g/mol. The molecule has 0 aliphatic rings. The van der Waals surface area contributed by atoms with Gasteiger partial charge in [-0.2, -0.15) is 0 Å². The molecule has 2 aromatic heterocycles. The van der Waals surface area contributed by atoms with Gasteiger partial charge in [0.1, 0.15) is 11.2 Å². The summed E-state index contributed by atoms with van der Waals surface area (Å²) in [6, 6.07) is 78.7. The third kappa shape index (κ3) is 5.36. The molecule has 12 rings (SSSR count). The smallest absolute Gasteiger partial charge is 0.145 e. The molecule has 0 saturated carbocycles. The number of anilines is 3. The summed E-state index contributed by atoms with van der Waals surface area (Å²) in [6.45, 7) is 0. The van der Waals surface area contributed by atoms with Gasteiger partial charge in [-0.1, -0.05) is 158 Å². The second-order valence-electron chi connectivity index (χ2n) is 15.3. The second-order valence-corrected chi connectivity index (χ2v) is 15.3. The molecule has 10 aromatic carbocycles. The highest BCUT2D eigenvalue weighted by Gasteiger charge is 2.24. The SMILES string of the molecule is c1ccc(-c2ccc(-c3ccc(N(c4ccc5c(ccc6ccccc65)c4)c4ccc5c6ccccc6n(-c6ccccc6)c5c4)c4c3oc3ccccc34)cc2)cc1. The molecule has 0 unspecified atom stereocenters. The maximum Gasteiger partial charge on any atom is 0.145 e. The summed E-state index contributed by atoms with van der Waals surface area (Å²) in [6.07, 6.45) is 0. The molecule has 0 N–H and O–H groups in total. The first-order valence-electron chi connectivity index (χ1n) is 20.2. The molecule has 0 bridgehead atoms. The largest absolute Gasteiger partial charge is 0.455 e. The van der Waals surface area contributed by atoms with Crippen LogP contribution in [0.3, 0.4) is 0 Å². The van der Waals surface area contributed by atoms with E-state index in [0.717, 1.165) is 61.3 Å². The van der Waals surface area contributed by atoms with Gasteiger partial charge >= 0.3 is 0 Å². The van der Waals surface area contributed by atoms with Crippen molar-refractivity contribution in [2.24, 2.45) is 0 Å². The molecule has 0 aliphatic carbocycles. The maximum atomic E-state index is 6.89. The van der Waals surface area contributed by atoms with Crippen LogP contribution in [0.25, 0.3) is 93.2 Å². The van der Waals surface area contributed by atoms with Crippen molar-refractivity contribution in [2.75, 3.05) is 4.90 Å². The van der Waals surface area contributed by atoms with Crippen LogP contribution < -0.4 is 4.90 Å². The quantitative estimate of drug-likeness (QED) is 0.158. The van der Waals surface area contributed by atoms with Gasteiger partial charge in [-0.25, -0.2) is 0 Å². The summed E-state index contributed by atoms with van der Waals surface area (Å²) < 4.78 is 9.28. The van der Waals surface area contributed by atoms with Gasteiger partial charge in [-0.3, -0.25) is 0 Å². The molecule has 0 amide bonds. The van der Waals surface area contributed by atoms with E-state index in [1.807, 2.05) is 0 Å². The van der Waals surface area contributed by atoms with Gasteiger partial charge in [-0.05, 0) is 98.9 Å². The van der Waals surface area contributed by atoms with Gasteiger partial charge in [0.15, 0.2) is 0 Å². The van der Waals surface area contributed by atoms with Gasteiger partial charge in [0.2, 0.25) is 0 Å². The van der Waals surface area contributed by atoms with Crippen molar-refractivity contribution >= 4 is 82.4 Å². The number of fused-ring (bicyclic) bond motifs is 9. The topological polar surface area (TPSA) is 21.3 Å². The van der Waals surface area contributed by atoms with Crippen molar-refractivity contribution in [3.05, 3.63) is 218 Å². The van der Waals surface area contributed by atoms with Crippen molar-refractivity contribution in [1.82, 2.24) is 4.57 Å². The number of benzene rings is 10. The molecule has 12 aromatic rings. The summed E-state index contributed by atoms with van der Waals surface area (Å²) in [5.41, 5.74) is 12.9. The third-order valence-corrected chi connectivity index (χ3v) is 12.0. The Balaban J connectivity index is 1.12. The van der Waals surface area contributed by atoms with Crippen LogP contribution in [0.5, 0.6) is 0 Å². The van der Waals surface area contributed by atoms with Crippen LogP contribution in [-0.4, -0.2) is 4.57 Å². The van der Waals surface area contributed by atoms with Gasteiger partial charge in [0.25, 0.3) is 0 Å². The molecule has 3 heteroatoms. The number of hydrogen-bond donors (Lipinski definition) is 0. The summed E-state index contributed by atoms with van der Waals surface area (Å²) in [7, 11) is 0. The average Bonchev–Trinajstić information content (AvgIpc) is 3.86. The second kappa shape index (κ2) is 13.4. The fraction of sp³-hybridized carbons (Fsp3) is 0. The predicted molar refractivity (Wildman–Crippen MR) is 249 cm³/mol. The molecule has 59 heavy (non-hydrogen) atoms. The standard InChI is InChI=1S/C56H36N2O/c1-3-13-37(14-4-1)38-23-25-40(26-24-38)47-33-34-52(55-50-20-10-12-22-54(50)59-56(47)55)57(43-29-31-46-41(35-43)28-27-39-15-7-8-18-45(39)46)44-30-32-49-48-19-9-11-21-51(48)58(53(49)36-44)42-16-5-2-6-17-42/h1-36H. The van der Waals surface area contributed by atoms with E-state index in [0.29, 0.717) is 0 Å². The lowest BCUT2D eigenvalue weighted by Crippen LogP contribution is -2.11. The highest BCUT2D eigenvalue weighted by molar-refractivity contribution is 6.18. The first-order chi connectivity index (χ1) is 29.3. The van der Waals surface area contributed by atoms with Gasteiger partial charge in [0, 0.05) is 38.8 Å². The zero-order valence-corrected chi connectivity index (χ0v) is 32.1. The Kier molecular flexibility index (Phi) is 7.54. The van der Waals surface area contributed by atoms with Crippen LogP contribution in [0.2, 0.25) is 0 Å². The Labute approximate surface area is 341 Å². The normalized spacial score (nSPS) is 11.7. The molecular formula is C56H36N2O. The maximum absolute atomic E-state index is 6.89. The molecule has 3 nitrogen and oxygen atoms in total. The van der Waals surface area contributed by atoms with E-state index in [-0.39, 0.29) is 0 Å². The summed E-state index contributed by atoms with van der Waals surface area (Å²) in [5, 5.41) is 9.52. The minimum atomic E-state index is 0.863. The Bertz CT molecular complexity index is 3540. The Morgan fingerprint density at radius 2 is 0.966 bits per heavy atom. The molecule has 0 saturated heterocycles. The van der Waals surface area contributed by atoms with E-state index in [4.69, 9.17) is 4.42 Å². The van der Waals surface area contributed by atoms with Crippen molar-refractivity contribution in [1.29, 1.82) is 0 Å². The molecule has 276 valence electrons. The van der Waals surface area contributed by atoms with Crippen LogP contribution in [0, 0.1) is 0 Å². The van der Waals surface area contributed by atoms with Crippen molar-refractivity contribution in [2.45, 2.75) is 0 Å². The number of hydrogen-bond acceptors (Lipinski definition) is 2. The Hall–Kier alpha value is -7.88. The number of nitrogens with zero attached hydrogens (tertiary/aromatic N) is 2.